The van der Waals surface area contributed by atoms with Crippen molar-refractivity contribution in [3.63, 3.8) is 0 Å². The van der Waals surface area contributed by atoms with Gasteiger partial charge in [0.2, 0.25) is 5.91 Å². The molecule has 3 aromatic rings. The minimum atomic E-state index is -0.314. The third-order valence-electron chi connectivity index (χ3n) is 4.86. The Bertz CT molecular complexity index is 931. The van der Waals surface area contributed by atoms with Crippen molar-refractivity contribution in [2.45, 2.75) is 32.4 Å². The molecule has 0 unspecified atom stereocenters. The molecule has 28 heavy (non-hydrogen) atoms. The van der Waals surface area contributed by atoms with Gasteiger partial charge in [-0.1, -0.05) is 0 Å². The van der Waals surface area contributed by atoms with Crippen LogP contribution in [0, 0.1) is 6.92 Å². The third kappa shape index (κ3) is 3.94. The maximum absolute atomic E-state index is 12.2. The van der Waals surface area contributed by atoms with E-state index in [-0.39, 0.29) is 12.0 Å². The van der Waals surface area contributed by atoms with Crippen LogP contribution in [0.1, 0.15) is 18.5 Å². The predicted octanol–water partition coefficient (Wildman–Crippen LogP) is 2.61. The predicted molar refractivity (Wildman–Crippen MR) is 105 cm³/mol. The van der Waals surface area contributed by atoms with Crippen LogP contribution in [0.15, 0.2) is 49.1 Å². The number of carbonyl (C=O) groups is 1. The van der Waals surface area contributed by atoms with E-state index < -0.39 is 0 Å². The highest BCUT2D eigenvalue weighted by Crippen LogP contribution is 2.31. The van der Waals surface area contributed by atoms with Gasteiger partial charge in [0.15, 0.2) is 0 Å². The molecule has 0 spiro atoms. The fourth-order valence-electron chi connectivity index (χ4n) is 3.39. The van der Waals surface area contributed by atoms with E-state index in [2.05, 4.69) is 20.4 Å². The monoisotopic (exact) mass is 377 g/mol. The molecule has 1 aliphatic heterocycles. The lowest BCUT2D eigenvalue weighted by Crippen LogP contribution is -2.36. The zero-order valence-corrected chi connectivity index (χ0v) is 15.8. The Balaban J connectivity index is 1.57. The van der Waals surface area contributed by atoms with E-state index in [0.717, 1.165) is 40.9 Å². The molecular formula is C21H23N5O2. The molecule has 144 valence electrons. The summed E-state index contributed by atoms with van der Waals surface area (Å²) >= 11 is 0. The minimum Gasteiger partial charge on any atom is -0.368 e. The molecule has 3 aromatic heterocycles. The minimum absolute atomic E-state index is 0.0439. The van der Waals surface area contributed by atoms with Crippen molar-refractivity contribution in [2.24, 2.45) is 0 Å². The van der Waals surface area contributed by atoms with Crippen LogP contribution in [-0.4, -0.2) is 44.9 Å². The summed E-state index contributed by atoms with van der Waals surface area (Å²) in [4.78, 5) is 20.7. The van der Waals surface area contributed by atoms with Crippen LogP contribution < -0.4 is 5.32 Å². The first-order chi connectivity index (χ1) is 13.7. The summed E-state index contributed by atoms with van der Waals surface area (Å²) in [5.41, 5.74) is 4.98. The van der Waals surface area contributed by atoms with E-state index in [1.807, 2.05) is 48.3 Å². The average Bonchev–Trinajstić information content (AvgIpc) is 3.40. The highest BCUT2D eigenvalue weighted by molar-refractivity contribution is 5.81. The molecule has 4 rings (SSSR count). The molecule has 1 N–H and O–H groups in total. The SMILES string of the molecule is Cc1ccc(-c2c(-c3ccncc3)cnn2CCNC(=O)[C@@H]2CCCO2)cn1. The lowest BCUT2D eigenvalue weighted by atomic mass is 10.0. The zero-order valence-electron chi connectivity index (χ0n) is 15.8. The fourth-order valence-corrected chi connectivity index (χ4v) is 3.39. The Hall–Kier alpha value is -3.06. The van der Waals surface area contributed by atoms with Crippen molar-refractivity contribution >= 4 is 5.91 Å². The molecule has 1 fully saturated rings. The van der Waals surface area contributed by atoms with Gasteiger partial charge in [0, 0.05) is 48.6 Å². The standard InChI is InChI=1S/C21H23N5O2/c1-15-4-5-17(13-24-15)20-18(16-6-8-22-9-7-16)14-25-26(20)11-10-23-21(27)19-3-2-12-28-19/h4-9,13-14,19H,2-3,10-12H2,1H3,(H,23,27)/t19-/m0/s1. The van der Waals surface area contributed by atoms with Gasteiger partial charge >= 0.3 is 0 Å². The van der Waals surface area contributed by atoms with Crippen molar-refractivity contribution in [2.75, 3.05) is 13.2 Å². The van der Waals surface area contributed by atoms with Gasteiger partial charge < -0.3 is 10.1 Å². The average molecular weight is 377 g/mol. The molecule has 0 radical (unpaired) electrons. The second-order valence-corrected chi connectivity index (χ2v) is 6.85. The normalized spacial score (nSPS) is 16.2. The number of hydrogen-bond acceptors (Lipinski definition) is 5. The van der Waals surface area contributed by atoms with Crippen LogP contribution in [0.3, 0.4) is 0 Å². The van der Waals surface area contributed by atoms with Crippen LogP contribution in [0.25, 0.3) is 22.4 Å². The Morgan fingerprint density at radius 1 is 1.21 bits per heavy atom. The number of ether oxygens (including phenoxy) is 1. The summed E-state index contributed by atoms with van der Waals surface area (Å²) in [6, 6.07) is 7.96. The topological polar surface area (TPSA) is 81.9 Å². The van der Waals surface area contributed by atoms with Gasteiger partial charge in [-0.2, -0.15) is 5.10 Å². The molecule has 1 aliphatic rings. The largest absolute Gasteiger partial charge is 0.368 e. The Morgan fingerprint density at radius 3 is 2.79 bits per heavy atom. The van der Waals surface area contributed by atoms with Crippen LogP contribution in [0.4, 0.5) is 0 Å². The second kappa shape index (κ2) is 8.31. The quantitative estimate of drug-likeness (QED) is 0.714. The lowest BCUT2D eigenvalue weighted by molar-refractivity contribution is -0.130. The molecule has 0 saturated carbocycles. The van der Waals surface area contributed by atoms with Gasteiger partial charge in [0.25, 0.3) is 0 Å². The molecule has 1 saturated heterocycles. The van der Waals surface area contributed by atoms with Crippen molar-refractivity contribution < 1.29 is 9.53 Å². The van der Waals surface area contributed by atoms with Crippen LogP contribution >= 0.6 is 0 Å². The number of carbonyl (C=O) groups excluding carboxylic acids is 1. The molecule has 0 aromatic carbocycles. The summed E-state index contributed by atoms with van der Waals surface area (Å²) < 4.78 is 7.35. The summed E-state index contributed by atoms with van der Waals surface area (Å²) in [7, 11) is 0. The Morgan fingerprint density at radius 2 is 2.07 bits per heavy atom. The molecule has 7 nitrogen and oxygen atoms in total. The fraction of sp³-hybridized carbons (Fsp3) is 0.333. The number of nitrogens with zero attached hydrogens (tertiary/aromatic N) is 4. The van der Waals surface area contributed by atoms with Crippen LogP contribution in [0.2, 0.25) is 0 Å². The first-order valence-electron chi connectivity index (χ1n) is 9.51. The van der Waals surface area contributed by atoms with Gasteiger partial charge in [0.1, 0.15) is 6.10 Å². The van der Waals surface area contributed by atoms with Crippen LogP contribution in [-0.2, 0) is 16.1 Å². The molecule has 7 heteroatoms. The second-order valence-electron chi connectivity index (χ2n) is 6.85. The van der Waals surface area contributed by atoms with Gasteiger partial charge in [-0.25, -0.2) is 0 Å². The summed E-state index contributed by atoms with van der Waals surface area (Å²) in [6.45, 7) is 3.68. The first-order valence-corrected chi connectivity index (χ1v) is 9.51. The zero-order chi connectivity index (χ0) is 19.3. The third-order valence-corrected chi connectivity index (χ3v) is 4.86. The number of amides is 1. The van der Waals surface area contributed by atoms with E-state index in [9.17, 15) is 4.79 Å². The van der Waals surface area contributed by atoms with E-state index in [1.165, 1.54) is 0 Å². The van der Waals surface area contributed by atoms with Gasteiger partial charge in [0.05, 0.1) is 18.4 Å². The number of nitrogens with one attached hydrogen (secondary N) is 1. The van der Waals surface area contributed by atoms with Gasteiger partial charge in [-0.15, -0.1) is 0 Å². The smallest absolute Gasteiger partial charge is 0.249 e. The van der Waals surface area contributed by atoms with Crippen molar-refractivity contribution in [3.05, 3.63) is 54.7 Å². The van der Waals surface area contributed by atoms with E-state index in [1.54, 1.807) is 12.4 Å². The molecule has 1 atom stereocenters. The van der Waals surface area contributed by atoms with Crippen LogP contribution in [0.5, 0.6) is 0 Å². The summed E-state index contributed by atoms with van der Waals surface area (Å²) in [6.07, 6.45) is 8.67. The van der Waals surface area contributed by atoms with Crippen molar-refractivity contribution in [3.8, 4) is 22.4 Å². The molecular weight excluding hydrogens is 354 g/mol. The van der Waals surface area contributed by atoms with Crippen molar-refractivity contribution in [1.29, 1.82) is 0 Å². The lowest BCUT2D eigenvalue weighted by Gasteiger charge is -2.13. The number of rotatable bonds is 6. The number of pyridine rings is 2. The van der Waals surface area contributed by atoms with E-state index in [4.69, 9.17) is 4.74 Å². The highest BCUT2D eigenvalue weighted by atomic mass is 16.5. The van der Waals surface area contributed by atoms with Gasteiger partial charge in [-0.05, 0) is 49.6 Å². The van der Waals surface area contributed by atoms with E-state index >= 15 is 0 Å². The van der Waals surface area contributed by atoms with Gasteiger partial charge in [-0.3, -0.25) is 19.4 Å². The summed E-state index contributed by atoms with van der Waals surface area (Å²) in [5, 5.41) is 7.53. The number of aromatic nitrogens is 4. The maximum atomic E-state index is 12.2. The number of aryl methyl sites for hydroxylation is 1. The summed E-state index contributed by atoms with van der Waals surface area (Å²) in [5.74, 6) is -0.0439. The molecule has 0 aliphatic carbocycles. The molecule has 4 heterocycles. The van der Waals surface area contributed by atoms with Crippen molar-refractivity contribution in [1.82, 2.24) is 25.1 Å². The Kier molecular flexibility index (Phi) is 5.43. The highest BCUT2D eigenvalue weighted by Gasteiger charge is 2.23. The molecule has 1 amide bonds. The first kappa shape index (κ1) is 18.3. The molecule has 0 bridgehead atoms. The van der Waals surface area contributed by atoms with E-state index in [0.29, 0.717) is 19.7 Å². The number of hydrogen-bond donors (Lipinski definition) is 1. The maximum Gasteiger partial charge on any atom is 0.249 e. The Labute approximate surface area is 163 Å².